The van der Waals surface area contributed by atoms with Crippen molar-refractivity contribution in [2.75, 3.05) is 20.8 Å². The lowest BCUT2D eigenvalue weighted by Crippen LogP contribution is -2.04. The Labute approximate surface area is 99.0 Å². The van der Waals surface area contributed by atoms with Gasteiger partial charge in [0.15, 0.2) is 0 Å². The molecule has 2 nitrogen and oxygen atoms in total. The molecule has 98 valence electrons. The lowest BCUT2D eigenvalue weighted by molar-refractivity contribution is -0.137. The largest absolute Gasteiger partial charge is 0.416 e. The van der Waals surface area contributed by atoms with Crippen molar-refractivity contribution in [1.29, 1.82) is 0 Å². The molecule has 1 aromatic rings. The van der Waals surface area contributed by atoms with Gasteiger partial charge in [0.2, 0.25) is 0 Å². The van der Waals surface area contributed by atoms with E-state index in [4.69, 9.17) is 5.11 Å². The number of alkyl halides is 3. The van der Waals surface area contributed by atoms with Crippen LogP contribution in [0.25, 0.3) is 0 Å². The Hall–Kier alpha value is -1.07. The maximum Gasteiger partial charge on any atom is 0.416 e. The van der Waals surface area contributed by atoms with Crippen molar-refractivity contribution in [3.63, 3.8) is 0 Å². The highest BCUT2D eigenvalue weighted by molar-refractivity contribution is 5.24. The lowest BCUT2D eigenvalue weighted by atomic mass is 10.1. The Kier molecular flexibility index (Phi) is 7.58. The Balaban J connectivity index is 0.000000770. The maximum absolute atomic E-state index is 12.1. The molecule has 0 aliphatic heterocycles. The van der Waals surface area contributed by atoms with E-state index in [1.165, 1.54) is 12.1 Å². The van der Waals surface area contributed by atoms with Gasteiger partial charge in [0.1, 0.15) is 0 Å². The van der Waals surface area contributed by atoms with Crippen LogP contribution in [0.4, 0.5) is 13.2 Å². The number of hydrogen-bond donors (Lipinski definition) is 1. The summed E-state index contributed by atoms with van der Waals surface area (Å²) in [4.78, 5) is 0. The van der Waals surface area contributed by atoms with Crippen molar-refractivity contribution in [2.45, 2.75) is 19.0 Å². The van der Waals surface area contributed by atoms with Gasteiger partial charge in [-0.15, -0.1) is 0 Å². The highest BCUT2D eigenvalue weighted by atomic mass is 19.4. The predicted octanol–water partition coefficient (Wildman–Crippen LogP) is 2.89. The Morgan fingerprint density at radius 1 is 1.12 bits per heavy atom. The molecule has 0 radical (unpaired) electrons. The molecular weight excluding hydrogens is 233 g/mol. The average molecular weight is 250 g/mol. The molecule has 0 aliphatic carbocycles. The fraction of sp³-hybridized carbons (Fsp3) is 0.500. The van der Waals surface area contributed by atoms with Crippen LogP contribution in [0.3, 0.4) is 0 Å². The fourth-order valence-electron chi connectivity index (χ4n) is 1.14. The van der Waals surface area contributed by atoms with Crippen molar-refractivity contribution in [3.05, 3.63) is 35.4 Å². The van der Waals surface area contributed by atoms with Crippen LogP contribution in [0, 0.1) is 0 Å². The van der Waals surface area contributed by atoms with Gasteiger partial charge >= 0.3 is 6.18 Å². The second kappa shape index (κ2) is 8.08. The van der Waals surface area contributed by atoms with Gasteiger partial charge in [-0.1, -0.05) is 12.1 Å². The molecule has 0 amide bonds. The Morgan fingerprint density at radius 3 is 1.94 bits per heavy atom. The first-order valence-corrected chi connectivity index (χ1v) is 5.12. The first kappa shape index (κ1) is 15.9. The first-order valence-electron chi connectivity index (χ1n) is 5.12. The summed E-state index contributed by atoms with van der Waals surface area (Å²) in [5.74, 6) is 0. The molecular formula is C12H17F3O2. The molecule has 0 heterocycles. The second-order valence-corrected chi connectivity index (χ2v) is 3.43. The van der Waals surface area contributed by atoms with Crippen LogP contribution in [0.5, 0.6) is 0 Å². The number of methoxy groups -OCH3 is 1. The number of benzene rings is 1. The van der Waals surface area contributed by atoms with Crippen LogP contribution in [-0.2, 0) is 17.3 Å². The van der Waals surface area contributed by atoms with E-state index in [2.05, 4.69) is 4.74 Å². The number of aliphatic hydroxyl groups excluding tert-OH is 1. The number of halogens is 3. The maximum atomic E-state index is 12.1. The number of rotatable bonds is 3. The molecule has 5 heteroatoms. The van der Waals surface area contributed by atoms with Gasteiger partial charge in [0, 0.05) is 20.8 Å². The average Bonchev–Trinajstić information content (AvgIpc) is 2.27. The van der Waals surface area contributed by atoms with Gasteiger partial charge in [0.25, 0.3) is 0 Å². The summed E-state index contributed by atoms with van der Waals surface area (Å²) in [6, 6.07) is 5.01. The van der Waals surface area contributed by atoms with E-state index in [1.54, 1.807) is 14.2 Å². The summed E-state index contributed by atoms with van der Waals surface area (Å²) in [5, 5.41) is 8.53. The zero-order valence-corrected chi connectivity index (χ0v) is 9.92. The SMILES string of the molecule is COC.OCCCc1ccc(C(F)(F)F)cc1. The van der Waals surface area contributed by atoms with E-state index >= 15 is 0 Å². The van der Waals surface area contributed by atoms with Gasteiger partial charge < -0.3 is 9.84 Å². The molecule has 0 unspecified atom stereocenters. The predicted molar refractivity (Wildman–Crippen MR) is 59.8 cm³/mol. The van der Waals surface area contributed by atoms with E-state index in [-0.39, 0.29) is 6.61 Å². The number of ether oxygens (including phenoxy) is 1. The summed E-state index contributed by atoms with van der Waals surface area (Å²) >= 11 is 0. The number of aliphatic hydroxyl groups is 1. The van der Waals surface area contributed by atoms with Gasteiger partial charge in [-0.25, -0.2) is 0 Å². The van der Waals surface area contributed by atoms with E-state index in [0.29, 0.717) is 12.8 Å². The van der Waals surface area contributed by atoms with Gasteiger partial charge in [-0.05, 0) is 30.5 Å². The minimum Gasteiger partial charge on any atom is -0.396 e. The summed E-state index contributed by atoms with van der Waals surface area (Å²) in [5.41, 5.74) is 0.178. The fourth-order valence-corrected chi connectivity index (χ4v) is 1.14. The van der Waals surface area contributed by atoms with Crippen LogP contribution in [0.1, 0.15) is 17.5 Å². The summed E-state index contributed by atoms with van der Waals surface area (Å²) < 4.78 is 40.6. The highest BCUT2D eigenvalue weighted by Crippen LogP contribution is 2.29. The van der Waals surface area contributed by atoms with E-state index < -0.39 is 11.7 Å². The molecule has 0 aliphatic rings. The number of aryl methyl sites for hydroxylation is 1. The third-order valence-electron chi connectivity index (χ3n) is 1.90. The summed E-state index contributed by atoms with van der Waals surface area (Å²) in [6.07, 6.45) is -3.09. The quantitative estimate of drug-likeness (QED) is 0.893. The van der Waals surface area contributed by atoms with Crippen molar-refractivity contribution >= 4 is 0 Å². The van der Waals surface area contributed by atoms with Crippen molar-refractivity contribution in [1.82, 2.24) is 0 Å². The molecule has 0 saturated carbocycles. The molecule has 0 aromatic heterocycles. The zero-order chi connectivity index (χ0) is 13.3. The third kappa shape index (κ3) is 6.97. The Morgan fingerprint density at radius 2 is 1.59 bits per heavy atom. The van der Waals surface area contributed by atoms with E-state index in [1.807, 2.05) is 0 Å². The Bertz CT molecular complexity index is 294. The van der Waals surface area contributed by atoms with Crippen LogP contribution in [0.2, 0.25) is 0 Å². The molecule has 1 N–H and O–H groups in total. The summed E-state index contributed by atoms with van der Waals surface area (Å²) in [6.45, 7) is 0.0566. The topological polar surface area (TPSA) is 29.5 Å². The van der Waals surface area contributed by atoms with Crippen molar-refractivity contribution in [2.24, 2.45) is 0 Å². The molecule has 17 heavy (non-hydrogen) atoms. The van der Waals surface area contributed by atoms with Gasteiger partial charge in [0.05, 0.1) is 5.56 Å². The normalized spacial score (nSPS) is 10.7. The number of hydrogen-bond acceptors (Lipinski definition) is 2. The molecule has 0 fully saturated rings. The molecule has 0 saturated heterocycles. The van der Waals surface area contributed by atoms with Gasteiger partial charge in [-0.3, -0.25) is 0 Å². The molecule has 1 aromatic carbocycles. The van der Waals surface area contributed by atoms with E-state index in [9.17, 15) is 13.2 Å². The highest BCUT2D eigenvalue weighted by Gasteiger charge is 2.29. The van der Waals surface area contributed by atoms with Crippen molar-refractivity contribution < 1.29 is 23.0 Å². The smallest absolute Gasteiger partial charge is 0.396 e. The van der Waals surface area contributed by atoms with E-state index in [0.717, 1.165) is 17.7 Å². The van der Waals surface area contributed by atoms with Crippen LogP contribution < -0.4 is 0 Å². The lowest BCUT2D eigenvalue weighted by Gasteiger charge is -2.06. The first-order chi connectivity index (χ1) is 7.95. The second-order valence-electron chi connectivity index (χ2n) is 3.43. The van der Waals surface area contributed by atoms with Crippen molar-refractivity contribution in [3.8, 4) is 0 Å². The minimum atomic E-state index is -4.27. The molecule has 0 spiro atoms. The monoisotopic (exact) mass is 250 g/mol. The molecule has 1 rings (SSSR count). The standard InChI is InChI=1S/C10H11F3O.C2H6O/c11-10(12,13)9-5-3-8(4-6-9)2-1-7-14;1-3-2/h3-6,14H,1-2,7H2;1-2H3. The summed E-state index contributed by atoms with van der Waals surface area (Å²) in [7, 11) is 3.25. The van der Waals surface area contributed by atoms with Crippen LogP contribution in [0.15, 0.2) is 24.3 Å². The third-order valence-corrected chi connectivity index (χ3v) is 1.90. The van der Waals surface area contributed by atoms with Crippen LogP contribution in [-0.4, -0.2) is 25.9 Å². The van der Waals surface area contributed by atoms with Crippen LogP contribution >= 0.6 is 0 Å². The molecule has 0 bridgehead atoms. The van der Waals surface area contributed by atoms with Gasteiger partial charge in [-0.2, -0.15) is 13.2 Å². The minimum absolute atomic E-state index is 0.0566. The zero-order valence-electron chi connectivity index (χ0n) is 9.92. The molecule has 0 atom stereocenters.